The first-order valence-corrected chi connectivity index (χ1v) is 11.3. The maximum absolute atomic E-state index is 14.4. The summed E-state index contributed by atoms with van der Waals surface area (Å²) < 4.78 is 47.3. The molecule has 1 fully saturated rings. The van der Waals surface area contributed by atoms with Crippen LogP contribution in [0.1, 0.15) is 16.2 Å². The number of hydrogen-bond acceptors (Lipinski definition) is 7. The number of halogens is 1. The van der Waals surface area contributed by atoms with Crippen LogP contribution in [0.3, 0.4) is 0 Å². The molecule has 0 unspecified atom stereocenters. The minimum atomic E-state index is -3.92. The molecule has 0 atom stereocenters. The number of carbonyl (C=O) groups is 1. The molecule has 1 saturated heterocycles. The smallest absolute Gasteiger partial charge is 0.281 e. The van der Waals surface area contributed by atoms with Gasteiger partial charge in [0, 0.05) is 13.1 Å². The van der Waals surface area contributed by atoms with Crippen LogP contribution in [0.4, 0.5) is 4.39 Å². The normalized spacial score (nSPS) is 15.4. The van der Waals surface area contributed by atoms with E-state index < -0.39 is 32.9 Å². The average Bonchev–Trinajstić information content (AvgIpc) is 3.20. The summed E-state index contributed by atoms with van der Waals surface area (Å²) in [6.45, 7) is 2.38. The van der Waals surface area contributed by atoms with E-state index in [4.69, 9.17) is 4.74 Å². The Hall–Kier alpha value is -2.67. The number of amides is 1. The molecule has 0 saturated carbocycles. The zero-order valence-corrected chi connectivity index (χ0v) is 17.4. The van der Waals surface area contributed by atoms with Gasteiger partial charge in [-0.1, -0.05) is 0 Å². The van der Waals surface area contributed by atoms with Gasteiger partial charge in [-0.2, -0.15) is 4.31 Å². The molecule has 1 aromatic carbocycles. The van der Waals surface area contributed by atoms with Crippen LogP contribution in [-0.4, -0.2) is 54.6 Å². The van der Waals surface area contributed by atoms with Crippen molar-refractivity contribution in [3.05, 3.63) is 57.2 Å². The summed E-state index contributed by atoms with van der Waals surface area (Å²) >= 11 is 1.28. The molecule has 2 aromatic heterocycles. The fraction of sp³-hybridized carbons (Fsp3) is 0.278. The lowest BCUT2D eigenvalue weighted by Gasteiger charge is -2.26. The molecule has 3 heterocycles. The van der Waals surface area contributed by atoms with Crippen LogP contribution in [0.5, 0.6) is 0 Å². The molecule has 0 aliphatic carbocycles. The Bertz CT molecular complexity index is 1300. The fourth-order valence-corrected chi connectivity index (χ4v) is 5.32. The average molecular weight is 452 g/mol. The molecular weight excluding hydrogens is 435 g/mol. The van der Waals surface area contributed by atoms with Gasteiger partial charge in [0.15, 0.2) is 0 Å². The van der Waals surface area contributed by atoms with Gasteiger partial charge < -0.3 is 4.74 Å². The van der Waals surface area contributed by atoms with Crippen molar-refractivity contribution < 1.29 is 22.3 Å². The number of aryl methyl sites for hydroxylation is 1. The molecule has 1 amide bonds. The third-order valence-electron chi connectivity index (χ3n) is 4.67. The zero-order chi connectivity index (χ0) is 21.5. The molecule has 1 N–H and O–H groups in total. The van der Waals surface area contributed by atoms with Gasteiger partial charge in [0.2, 0.25) is 10.0 Å². The molecule has 0 spiro atoms. The van der Waals surface area contributed by atoms with Gasteiger partial charge in [-0.3, -0.25) is 15.0 Å². The van der Waals surface area contributed by atoms with Crippen LogP contribution in [0.15, 0.2) is 39.3 Å². The van der Waals surface area contributed by atoms with Crippen molar-refractivity contribution in [2.45, 2.75) is 11.8 Å². The lowest BCUT2D eigenvalue weighted by atomic mass is 10.2. The first kappa shape index (κ1) is 20.6. The van der Waals surface area contributed by atoms with Gasteiger partial charge in [-0.05, 0) is 36.6 Å². The number of thiophene rings is 1. The minimum absolute atomic E-state index is 0.169. The summed E-state index contributed by atoms with van der Waals surface area (Å²) in [5.74, 6) is -1.67. The van der Waals surface area contributed by atoms with E-state index in [2.05, 4.69) is 10.4 Å². The molecule has 1 aliphatic heterocycles. The van der Waals surface area contributed by atoms with Crippen molar-refractivity contribution >= 4 is 37.5 Å². The SMILES string of the molecule is Cc1nc2sccc2c(=O)n1NC(=O)c1cc(S(=O)(=O)N2CCOCC2)ccc1F. The van der Waals surface area contributed by atoms with E-state index in [1.54, 1.807) is 11.4 Å². The second-order valence-electron chi connectivity index (χ2n) is 6.54. The highest BCUT2D eigenvalue weighted by atomic mass is 32.2. The molecule has 30 heavy (non-hydrogen) atoms. The summed E-state index contributed by atoms with van der Waals surface area (Å²) in [6.07, 6.45) is 0. The standard InChI is InChI=1S/C18H17FN4O5S2/c1-11-20-17-13(4-9-29-17)18(25)23(11)21-16(24)14-10-12(2-3-15(14)19)30(26,27)22-5-7-28-8-6-22/h2-4,9-10H,5-8H2,1H3,(H,21,24). The number of nitrogens with one attached hydrogen (secondary N) is 1. The number of ether oxygens (including phenoxy) is 1. The van der Waals surface area contributed by atoms with Crippen LogP contribution in [0.25, 0.3) is 10.2 Å². The van der Waals surface area contributed by atoms with E-state index in [9.17, 15) is 22.4 Å². The number of benzene rings is 1. The molecular formula is C18H17FN4O5S2. The topological polar surface area (TPSA) is 111 Å². The highest BCUT2D eigenvalue weighted by molar-refractivity contribution is 7.89. The van der Waals surface area contributed by atoms with E-state index in [0.717, 1.165) is 22.9 Å². The van der Waals surface area contributed by atoms with Gasteiger partial charge in [0.05, 0.1) is 29.1 Å². The predicted octanol–water partition coefficient (Wildman–Crippen LogP) is 1.31. The molecule has 9 nitrogen and oxygen atoms in total. The van der Waals surface area contributed by atoms with Crippen LogP contribution in [-0.2, 0) is 14.8 Å². The Morgan fingerprint density at radius 3 is 2.73 bits per heavy atom. The second kappa shape index (κ2) is 7.87. The Morgan fingerprint density at radius 2 is 2.00 bits per heavy atom. The Kier molecular flexibility index (Phi) is 5.40. The number of sulfonamides is 1. The van der Waals surface area contributed by atoms with Crippen LogP contribution in [0.2, 0.25) is 0 Å². The first-order valence-electron chi connectivity index (χ1n) is 8.94. The summed E-state index contributed by atoms with van der Waals surface area (Å²) in [4.78, 5) is 29.9. The number of carbonyl (C=O) groups excluding carboxylic acids is 1. The lowest BCUT2D eigenvalue weighted by molar-refractivity contribution is 0.0730. The number of aromatic nitrogens is 2. The highest BCUT2D eigenvalue weighted by Gasteiger charge is 2.28. The van der Waals surface area contributed by atoms with E-state index >= 15 is 0 Å². The Balaban J connectivity index is 1.68. The summed E-state index contributed by atoms with van der Waals surface area (Å²) in [5.41, 5.74) is 1.31. The van der Waals surface area contributed by atoms with E-state index in [0.29, 0.717) is 10.2 Å². The molecule has 4 rings (SSSR count). The summed E-state index contributed by atoms with van der Waals surface area (Å²) in [6, 6.07) is 4.56. The van der Waals surface area contributed by atoms with Gasteiger partial charge in [0.25, 0.3) is 11.5 Å². The van der Waals surface area contributed by atoms with E-state index in [-0.39, 0.29) is 37.0 Å². The van der Waals surface area contributed by atoms with E-state index in [1.165, 1.54) is 22.6 Å². The number of hydrogen-bond donors (Lipinski definition) is 1. The molecule has 0 radical (unpaired) electrons. The molecule has 1 aliphatic rings. The number of fused-ring (bicyclic) bond motifs is 1. The summed E-state index contributed by atoms with van der Waals surface area (Å²) in [7, 11) is -3.92. The highest BCUT2D eigenvalue weighted by Crippen LogP contribution is 2.21. The third-order valence-corrected chi connectivity index (χ3v) is 7.37. The van der Waals surface area contributed by atoms with Gasteiger partial charge >= 0.3 is 0 Å². The van der Waals surface area contributed by atoms with E-state index in [1.807, 2.05) is 0 Å². The van der Waals surface area contributed by atoms with Crippen molar-refractivity contribution in [1.82, 2.24) is 14.0 Å². The van der Waals surface area contributed by atoms with Crippen LogP contribution in [0, 0.1) is 12.7 Å². The molecule has 0 bridgehead atoms. The van der Waals surface area contributed by atoms with Crippen molar-refractivity contribution in [3.63, 3.8) is 0 Å². The lowest BCUT2D eigenvalue weighted by Crippen LogP contribution is -2.40. The van der Waals surface area contributed by atoms with Crippen LogP contribution >= 0.6 is 11.3 Å². The first-order chi connectivity index (χ1) is 14.3. The van der Waals surface area contributed by atoms with Crippen molar-refractivity contribution in [2.75, 3.05) is 31.7 Å². The monoisotopic (exact) mass is 452 g/mol. The predicted molar refractivity (Wildman–Crippen MR) is 108 cm³/mol. The van der Waals surface area contributed by atoms with Crippen LogP contribution < -0.4 is 11.0 Å². The minimum Gasteiger partial charge on any atom is -0.379 e. The van der Waals surface area contributed by atoms with Crippen molar-refractivity contribution in [2.24, 2.45) is 0 Å². The van der Waals surface area contributed by atoms with Crippen molar-refractivity contribution in [3.8, 4) is 0 Å². The Labute approximate surface area is 174 Å². The quantitative estimate of drug-likeness (QED) is 0.639. The van der Waals surface area contributed by atoms with Gasteiger partial charge in [-0.25, -0.2) is 22.5 Å². The fourth-order valence-electron chi connectivity index (χ4n) is 3.08. The summed E-state index contributed by atoms with van der Waals surface area (Å²) in [5, 5.41) is 2.01. The van der Waals surface area contributed by atoms with Gasteiger partial charge in [0.1, 0.15) is 16.5 Å². The molecule has 3 aromatic rings. The largest absolute Gasteiger partial charge is 0.379 e. The third kappa shape index (κ3) is 3.62. The maximum Gasteiger partial charge on any atom is 0.281 e. The number of nitrogens with zero attached hydrogens (tertiary/aromatic N) is 3. The molecule has 12 heteroatoms. The second-order valence-corrected chi connectivity index (χ2v) is 9.37. The number of morpholine rings is 1. The van der Waals surface area contributed by atoms with Gasteiger partial charge in [-0.15, -0.1) is 11.3 Å². The zero-order valence-electron chi connectivity index (χ0n) is 15.8. The maximum atomic E-state index is 14.4. The number of rotatable bonds is 4. The van der Waals surface area contributed by atoms with Crippen molar-refractivity contribution in [1.29, 1.82) is 0 Å². The Morgan fingerprint density at radius 1 is 1.27 bits per heavy atom. The molecule has 158 valence electrons.